The van der Waals surface area contributed by atoms with E-state index in [4.69, 9.17) is 9.40 Å². The van der Waals surface area contributed by atoms with Gasteiger partial charge in [-0.1, -0.05) is 41.5 Å². The second-order valence-electron chi connectivity index (χ2n) is 7.64. The minimum Gasteiger partial charge on any atom is -0.403 e. The van der Waals surface area contributed by atoms with Crippen LogP contribution in [0.15, 0.2) is 59.0 Å². The number of fused-ring (bicyclic) bond motifs is 2. The van der Waals surface area contributed by atoms with E-state index in [1.807, 2.05) is 60.7 Å². The topological polar surface area (TPSA) is 80.3 Å². The Bertz CT molecular complexity index is 1500. The lowest BCUT2D eigenvalue weighted by Gasteiger charge is -2.23. The molecule has 6 rings (SSSR count). The molecule has 0 saturated heterocycles. The van der Waals surface area contributed by atoms with Gasteiger partial charge in [0.1, 0.15) is 23.0 Å². The Morgan fingerprint density at radius 1 is 1.00 bits per heavy atom. The number of aromatic nitrogens is 4. The largest absolute Gasteiger partial charge is 0.403 e. The van der Waals surface area contributed by atoms with Crippen LogP contribution in [0.1, 0.15) is 12.5 Å². The Hall–Kier alpha value is -4.20. The molecule has 0 aliphatic carbocycles. The highest BCUT2D eigenvalue weighted by atomic mass is 19.1. The van der Waals surface area contributed by atoms with Crippen LogP contribution in [0.2, 0.25) is 0 Å². The van der Waals surface area contributed by atoms with Crippen molar-refractivity contribution in [1.82, 2.24) is 19.6 Å². The molecule has 0 saturated carbocycles. The van der Waals surface area contributed by atoms with Gasteiger partial charge in [0.25, 0.3) is 0 Å². The summed E-state index contributed by atoms with van der Waals surface area (Å²) in [6.07, 6.45) is 0. The van der Waals surface area contributed by atoms with Crippen LogP contribution < -0.4 is 10.6 Å². The molecule has 1 aliphatic rings. The standard InChI is InChI=1S/C24H19FN6O/c1-3-26-24-30-29-23(32-24)15-9-5-4-8-14(15)20-22-28-19-13(2)7-6-10-16(19)21-17(25)11-12-18(27-20)31(21)22/h4-12,28H,3H2,1-2H3,(H,26,30). The lowest BCUT2D eigenvalue weighted by Crippen LogP contribution is -2.10. The maximum absolute atomic E-state index is 15.1. The van der Waals surface area contributed by atoms with Crippen LogP contribution >= 0.6 is 0 Å². The molecular formula is C24H19FN6O. The summed E-state index contributed by atoms with van der Waals surface area (Å²) in [5.74, 6) is 0.797. The van der Waals surface area contributed by atoms with E-state index in [0.717, 1.165) is 27.9 Å². The highest BCUT2D eigenvalue weighted by Crippen LogP contribution is 2.45. The Balaban J connectivity index is 1.61. The summed E-state index contributed by atoms with van der Waals surface area (Å²) in [4.78, 5) is 4.87. The molecule has 0 bridgehead atoms. The molecule has 158 valence electrons. The van der Waals surface area contributed by atoms with Crippen molar-refractivity contribution in [3.05, 3.63) is 66.0 Å². The Kier molecular flexibility index (Phi) is 4.01. The van der Waals surface area contributed by atoms with E-state index in [1.165, 1.54) is 6.07 Å². The summed E-state index contributed by atoms with van der Waals surface area (Å²) >= 11 is 0. The molecule has 0 radical (unpaired) electrons. The molecule has 1 aliphatic heterocycles. The third-order valence-corrected chi connectivity index (χ3v) is 5.67. The Labute approximate surface area is 182 Å². The zero-order valence-electron chi connectivity index (χ0n) is 17.5. The fraction of sp³-hybridized carbons (Fsp3) is 0.125. The first-order valence-electron chi connectivity index (χ1n) is 10.4. The molecule has 32 heavy (non-hydrogen) atoms. The van der Waals surface area contributed by atoms with Crippen LogP contribution in [0, 0.1) is 12.7 Å². The van der Waals surface area contributed by atoms with E-state index in [0.29, 0.717) is 41.3 Å². The summed E-state index contributed by atoms with van der Waals surface area (Å²) in [7, 11) is 0. The van der Waals surface area contributed by atoms with E-state index in [-0.39, 0.29) is 5.82 Å². The minimum absolute atomic E-state index is 0.295. The number of hydrogen-bond donors (Lipinski definition) is 2. The molecule has 0 unspecified atom stereocenters. The van der Waals surface area contributed by atoms with Gasteiger partial charge in [0.05, 0.1) is 11.4 Å². The molecule has 2 N–H and O–H groups in total. The van der Waals surface area contributed by atoms with Gasteiger partial charge >= 0.3 is 6.01 Å². The first kappa shape index (κ1) is 18.6. The number of hydrogen-bond acceptors (Lipinski definition) is 6. The van der Waals surface area contributed by atoms with Crippen LogP contribution in [-0.4, -0.2) is 26.1 Å². The zero-order valence-corrected chi connectivity index (χ0v) is 17.5. The molecule has 0 fully saturated rings. The molecular weight excluding hydrogens is 407 g/mol. The molecule has 8 heteroatoms. The fourth-order valence-corrected chi connectivity index (χ4v) is 4.24. The zero-order chi connectivity index (χ0) is 21.8. The van der Waals surface area contributed by atoms with Crippen molar-refractivity contribution in [2.75, 3.05) is 17.2 Å². The summed E-state index contributed by atoms with van der Waals surface area (Å²) in [5, 5.41) is 14.8. The number of nitrogens with zero attached hydrogens (tertiary/aromatic N) is 4. The fourth-order valence-electron chi connectivity index (χ4n) is 4.24. The number of rotatable bonds is 4. The van der Waals surface area contributed by atoms with Crippen molar-refractivity contribution in [2.45, 2.75) is 13.8 Å². The second kappa shape index (κ2) is 6.91. The first-order chi connectivity index (χ1) is 15.7. The Morgan fingerprint density at radius 3 is 2.66 bits per heavy atom. The van der Waals surface area contributed by atoms with Gasteiger partial charge in [-0.05, 0) is 37.6 Å². The number of para-hydroxylation sites is 1. The summed E-state index contributed by atoms with van der Waals surface area (Å²) in [5.41, 5.74) is 6.11. The van der Waals surface area contributed by atoms with Gasteiger partial charge in [-0.15, -0.1) is 5.10 Å². The Morgan fingerprint density at radius 2 is 1.81 bits per heavy atom. The van der Waals surface area contributed by atoms with Crippen molar-refractivity contribution in [1.29, 1.82) is 0 Å². The van der Waals surface area contributed by atoms with Crippen molar-refractivity contribution in [3.63, 3.8) is 0 Å². The quantitative estimate of drug-likeness (QED) is 0.379. The van der Waals surface area contributed by atoms with Gasteiger partial charge in [0, 0.05) is 23.2 Å². The monoisotopic (exact) mass is 426 g/mol. The van der Waals surface area contributed by atoms with Gasteiger partial charge in [-0.25, -0.2) is 9.37 Å². The van der Waals surface area contributed by atoms with E-state index >= 15 is 4.39 Å². The lowest BCUT2D eigenvalue weighted by molar-refractivity contribution is 0.582. The lowest BCUT2D eigenvalue weighted by atomic mass is 10.0. The maximum Gasteiger partial charge on any atom is 0.315 e. The van der Waals surface area contributed by atoms with Gasteiger partial charge in [-0.2, -0.15) is 0 Å². The number of imidazole rings is 1. The normalized spacial score (nSPS) is 12.0. The smallest absolute Gasteiger partial charge is 0.315 e. The van der Waals surface area contributed by atoms with Gasteiger partial charge < -0.3 is 15.1 Å². The van der Waals surface area contributed by atoms with Crippen LogP contribution in [0.5, 0.6) is 0 Å². The second-order valence-corrected chi connectivity index (χ2v) is 7.64. The van der Waals surface area contributed by atoms with Crippen LogP contribution in [0.3, 0.4) is 0 Å². The first-order valence-corrected chi connectivity index (χ1v) is 10.4. The SMILES string of the molecule is CCNc1nnc(-c2ccccc2-c2nc3ccc(F)c4n3c2Nc2c(C)cccc2-4)o1. The number of halogens is 1. The molecule has 5 aromatic rings. The number of anilines is 3. The average Bonchev–Trinajstić information content (AvgIpc) is 3.42. The molecule has 0 spiro atoms. The third kappa shape index (κ3) is 2.62. The predicted octanol–water partition coefficient (Wildman–Crippen LogP) is 5.65. The summed E-state index contributed by atoms with van der Waals surface area (Å²) in [6.45, 7) is 4.64. The predicted molar refractivity (Wildman–Crippen MR) is 121 cm³/mol. The summed E-state index contributed by atoms with van der Waals surface area (Å²) in [6, 6.07) is 17.1. The third-order valence-electron chi connectivity index (χ3n) is 5.67. The molecule has 0 amide bonds. The van der Waals surface area contributed by atoms with Crippen molar-refractivity contribution in [3.8, 4) is 34.0 Å². The van der Waals surface area contributed by atoms with E-state index in [2.05, 4.69) is 20.8 Å². The highest BCUT2D eigenvalue weighted by Gasteiger charge is 2.28. The summed E-state index contributed by atoms with van der Waals surface area (Å²) < 4.78 is 22.7. The van der Waals surface area contributed by atoms with E-state index in [1.54, 1.807) is 6.07 Å². The molecule has 3 aromatic heterocycles. The van der Waals surface area contributed by atoms with Crippen molar-refractivity contribution in [2.24, 2.45) is 0 Å². The van der Waals surface area contributed by atoms with Gasteiger partial charge in [0.15, 0.2) is 0 Å². The van der Waals surface area contributed by atoms with Crippen LogP contribution in [0.25, 0.3) is 39.6 Å². The van der Waals surface area contributed by atoms with Gasteiger partial charge in [0.2, 0.25) is 5.89 Å². The maximum atomic E-state index is 15.1. The molecule has 2 aromatic carbocycles. The minimum atomic E-state index is -0.295. The number of pyridine rings is 1. The number of benzene rings is 2. The highest BCUT2D eigenvalue weighted by molar-refractivity contribution is 5.94. The molecule has 0 atom stereocenters. The average molecular weight is 426 g/mol. The van der Waals surface area contributed by atoms with E-state index < -0.39 is 0 Å². The molecule has 7 nitrogen and oxygen atoms in total. The number of aryl methyl sites for hydroxylation is 1. The molecule has 4 heterocycles. The van der Waals surface area contributed by atoms with Crippen LogP contribution in [-0.2, 0) is 0 Å². The number of nitrogens with one attached hydrogen (secondary N) is 2. The van der Waals surface area contributed by atoms with E-state index in [9.17, 15) is 0 Å². The van der Waals surface area contributed by atoms with Crippen molar-refractivity contribution >= 4 is 23.2 Å². The van der Waals surface area contributed by atoms with Crippen molar-refractivity contribution < 1.29 is 8.81 Å². The van der Waals surface area contributed by atoms with Crippen LogP contribution in [0.4, 0.5) is 21.9 Å². The van der Waals surface area contributed by atoms with Gasteiger partial charge in [-0.3, -0.25) is 4.40 Å².